The van der Waals surface area contributed by atoms with Crippen LogP contribution in [0.25, 0.3) is 6.08 Å². The Morgan fingerprint density at radius 3 is 2.61 bits per heavy atom. The number of anilines is 1. The minimum absolute atomic E-state index is 0.0648. The Labute approximate surface area is 106 Å². The fraction of sp³-hybridized carbons (Fsp3) is 0.0667. The molecule has 0 N–H and O–H groups in total. The molecule has 0 bridgehead atoms. The molecule has 0 saturated heterocycles. The smallest absolute Gasteiger partial charge is 0.250 e. The van der Waals surface area contributed by atoms with Crippen LogP contribution in [0.2, 0.25) is 0 Å². The van der Waals surface area contributed by atoms with E-state index in [2.05, 4.69) is 4.98 Å². The van der Waals surface area contributed by atoms with Crippen LogP contribution in [0.5, 0.6) is 0 Å². The largest absolute Gasteiger partial charge is 0.312 e. The van der Waals surface area contributed by atoms with Gasteiger partial charge in [-0.25, -0.2) is 0 Å². The number of likely N-dealkylation sites (N-methyl/N-ethyl adjacent to an activating group) is 1. The quantitative estimate of drug-likeness (QED) is 0.770. The first-order valence-corrected chi connectivity index (χ1v) is 5.68. The Hall–Kier alpha value is -2.42. The van der Waals surface area contributed by atoms with Crippen molar-refractivity contribution in [2.24, 2.45) is 0 Å². The van der Waals surface area contributed by atoms with Crippen molar-refractivity contribution in [3.8, 4) is 0 Å². The molecule has 3 nitrogen and oxygen atoms in total. The van der Waals surface area contributed by atoms with E-state index in [1.54, 1.807) is 36.5 Å². The fourth-order valence-electron chi connectivity index (χ4n) is 1.53. The summed E-state index contributed by atoms with van der Waals surface area (Å²) in [6.07, 6.45) is 6.72. The van der Waals surface area contributed by atoms with Crippen LogP contribution in [0.4, 0.5) is 5.69 Å². The number of benzene rings is 1. The summed E-state index contributed by atoms with van der Waals surface area (Å²) in [7, 11) is 1.76. The second kappa shape index (κ2) is 5.77. The summed E-state index contributed by atoms with van der Waals surface area (Å²) in [5.74, 6) is -0.0648. The molecule has 2 rings (SSSR count). The maximum absolute atomic E-state index is 11.9. The molecule has 0 atom stereocenters. The molecule has 0 saturated carbocycles. The second-order valence-electron chi connectivity index (χ2n) is 3.85. The van der Waals surface area contributed by atoms with Gasteiger partial charge in [-0.05, 0) is 29.8 Å². The molecule has 1 amide bonds. The van der Waals surface area contributed by atoms with Gasteiger partial charge in [0.25, 0.3) is 5.91 Å². The van der Waals surface area contributed by atoms with Gasteiger partial charge < -0.3 is 4.90 Å². The number of nitrogens with zero attached hydrogens (tertiary/aromatic N) is 2. The standard InChI is InChI=1S/C15H14N2O/c1-17(14-7-3-2-4-8-14)15(18)10-9-13-6-5-11-16-12-13/h2-12H,1H3/b10-9+. The van der Waals surface area contributed by atoms with Crippen molar-refractivity contribution >= 4 is 17.7 Å². The molecule has 0 aliphatic heterocycles. The number of carbonyl (C=O) groups is 1. The Morgan fingerprint density at radius 1 is 1.17 bits per heavy atom. The van der Waals surface area contributed by atoms with Gasteiger partial charge in [-0.1, -0.05) is 24.3 Å². The van der Waals surface area contributed by atoms with E-state index >= 15 is 0 Å². The van der Waals surface area contributed by atoms with Crippen LogP contribution in [0.1, 0.15) is 5.56 Å². The first kappa shape index (κ1) is 12.0. The first-order valence-electron chi connectivity index (χ1n) is 5.68. The number of pyridine rings is 1. The molecule has 18 heavy (non-hydrogen) atoms. The van der Waals surface area contributed by atoms with E-state index < -0.39 is 0 Å². The Balaban J connectivity index is 2.07. The highest BCUT2D eigenvalue weighted by molar-refractivity contribution is 6.03. The van der Waals surface area contributed by atoms with Gasteiger partial charge in [-0.3, -0.25) is 9.78 Å². The molecule has 0 aliphatic rings. The van der Waals surface area contributed by atoms with Gasteiger partial charge in [-0.2, -0.15) is 0 Å². The molecule has 0 unspecified atom stereocenters. The fourth-order valence-corrected chi connectivity index (χ4v) is 1.53. The van der Waals surface area contributed by atoms with Crippen LogP contribution in [0, 0.1) is 0 Å². The van der Waals surface area contributed by atoms with Crippen LogP contribution in [-0.4, -0.2) is 17.9 Å². The van der Waals surface area contributed by atoms with Crippen LogP contribution in [0.3, 0.4) is 0 Å². The van der Waals surface area contributed by atoms with Crippen molar-refractivity contribution in [3.63, 3.8) is 0 Å². The van der Waals surface area contributed by atoms with Crippen molar-refractivity contribution in [3.05, 3.63) is 66.5 Å². The average molecular weight is 238 g/mol. The van der Waals surface area contributed by atoms with E-state index in [1.165, 1.54) is 0 Å². The molecule has 0 radical (unpaired) electrons. The molecule has 90 valence electrons. The maximum atomic E-state index is 11.9. The third-order valence-electron chi connectivity index (χ3n) is 2.58. The lowest BCUT2D eigenvalue weighted by molar-refractivity contribution is -0.113. The third kappa shape index (κ3) is 3.04. The van der Waals surface area contributed by atoms with Crippen LogP contribution < -0.4 is 4.90 Å². The Bertz CT molecular complexity index is 535. The minimum Gasteiger partial charge on any atom is -0.312 e. The van der Waals surface area contributed by atoms with Gasteiger partial charge in [0.1, 0.15) is 0 Å². The highest BCUT2D eigenvalue weighted by Crippen LogP contribution is 2.11. The van der Waals surface area contributed by atoms with E-state index in [4.69, 9.17) is 0 Å². The third-order valence-corrected chi connectivity index (χ3v) is 2.58. The van der Waals surface area contributed by atoms with Crippen molar-refractivity contribution < 1.29 is 4.79 Å². The summed E-state index contributed by atoms with van der Waals surface area (Å²) in [6.45, 7) is 0. The predicted octanol–water partition coefficient (Wildman–Crippen LogP) is 2.76. The van der Waals surface area contributed by atoms with Crippen molar-refractivity contribution in [2.45, 2.75) is 0 Å². The van der Waals surface area contributed by atoms with E-state index in [-0.39, 0.29) is 5.91 Å². The van der Waals surface area contributed by atoms with E-state index in [0.717, 1.165) is 11.3 Å². The molecule has 0 aliphatic carbocycles. The van der Waals surface area contributed by atoms with Crippen molar-refractivity contribution in [2.75, 3.05) is 11.9 Å². The number of amides is 1. The van der Waals surface area contributed by atoms with Gasteiger partial charge in [0.15, 0.2) is 0 Å². The lowest BCUT2D eigenvalue weighted by Gasteiger charge is -2.14. The topological polar surface area (TPSA) is 33.2 Å². The molecule has 0 spiro atoms. The summed E-state index contributed by atoms with van der Waals surface area (Å²) >= 11 is 0. The number of aromatic nitrogens is 1. The lowest BCUT2D eigenvalue weighted by atomic mass is 10.2. The Kier molecular flexibility index (Phi) is 3.86. The van der Waals surface area contributed by atoms with Gasteiger partial charge >= 0.3 is 0 Å². The summed E-state index contributed by atoms with van der Waals surface area (Å²) in [6, 6.07) is 13.3. The zero-order valence-electron chi connectivity index (χ0n) is 10.2. The Morgan fingerprint density at radius 2 is 1.94 bits per heavy atom. The van der Waals surface area contributed by atoms with Gasteiger partial charge in [-0.15, -0.1) is 0 Å². The van der Waals surface area contributed by atoms with Gasteiger partial charge in [0.05, 0.1) is 0 Å². The molecular weight excluding hydrogens is 224 g/mol. The minimum atomic E-state index is -0.0648. The number of rotatable bonds is 3. The summed E-state index contributed by atoms with van der Waals surface area (Å²) in [5.41, 5.74) is 1.78. The molecule has 2 aromatic rings. The van der Waals surface area contributed by atoms with Gasteiger partial charge in [0, 0.05) is 31.2 Å². The van der Waals surface area contributed by atoms with E-state index in [0.29, 0.717) is 0 Å². The zero-order chi connectivity index (χ0) is 12.8. The molecule has 1 aromatic heterocycles. The molecule has 1 heterocycles. The monoisotopic (exact) mass is 238 g/mol. The first-order chi connectivity index (χ1) is 8.77. The summed E-state index contributed by atoms with van der Waals surface area (Å²) in [4.78, 5) is 17.5. The molecule has 0 fully saturated rings. The average Bonchev–Trinajstić information content (AvgIpc) is 2.46. The van der Waals surface area contributed by atoms with E-state index in [9.17, 15) is 4.79 Å². The van der Waals surface area contributed by atoms with Crippen molar-refractivity contribution in [1.82, 2.24) is 4.98 Å². The summed E-state index contributed by atoms with van der Waals surface area (Å²) < 4.78 is 0. The zero-order valence-corrected chi connectivity index (χ0v) is 10.2. The normalized spacial score (nSPS) is 10.5. The lowest BCUT2D eigenvalue weighted by Crippen LogP contribution is -2.23. The van der Waals surface area contributed by atoms with Crippen molar-refractivity contribution in [1.29, 1.82) is 0 Å². The second-order valence-corrected chi connectivity index (χ2v) is 3.85. The number of para-hydroxylation sites is 1. The predicted molar refractivity (Wildman–Crippen MR) is 73.1 cm³/mol. The molecular formula is C15H14N2O. The molecule has 3 heteroatoms. The SMILES string of the molecule is CN(C(=O)/C=C/c1cccnc1)c1ccccc1. The number of hydrogen-bond donors (Lipinski definition) is 0. The number of hydrogen-bond acceptors (Lipinski definition) is 2. The van der Waals surface area contributed by atoms with Crippen LogP contribution in [-0.2, 0) is 4.79 Å². The highest BCUT2D eigenvalue weighted by Gasteiger charge is 2.06. The highest BCUT2D eigenvalue weighted by atomic mass is 16.2. The number of carbonyl (C=O) groups excluding carboxylic acids is 1. The van der Waals surface area contributed by atoms with Gasteiger partial charge in [0.2, 0.25) is 0 Å². The molecule has 1 aromatic carbocycles. The maximum Gasteiger partial charge on any atom is 0.250 e. The summed E-state index contributed by atoms with van der Waals surface area (Å²) in [5, 5.41) is 0. The van der Waals surface area contributed by atoms with Crippen LogP contribution in [0.15, 0.2) is 60.9 Å². The van der Waals surface area contributed by atoms with Crippen LogP contribution >= 0.6 is 0 Å². The van der Waals surface area contributed by atoms with E-state index in [1.807, 2.05) is 42.5 Å².